The zero-order valence-corrected chi connectivity index (χ0v) is 19.6. The summed E-state index contributed by atoms with van der Waals surface area (Å²) in [6, 6.07) is 8.65. The van der Waals surface area contributed by atoms with Crippen LogP contribution in [0.3, 0.4) is 0 Å². The minimum atomic E-state index is -2.37. The first-order valence-corrected chi connectivity index (χ1v) is 10.2. The van der Waals surface area contributed by atoms with E-state index in [4.69, 9.17) is 47.9 Å². The second kappa shape index (κ2) is 10.7. The van der Waals surface area contributed by atoms with E-state index < -0.39 is 22.1 Å². The van der Waals surface area contributed by atoms with Crippen molar-refractivity contribution in [2.45, 2.75) is 23.1 Å². The van der Waals surface area contributed by atoms with E-state index in [0.717, 1.165) is 11.1 Å². The SMILES string of the molecule is COc1ccc(CCc2cc(OC)c(OC)c(OC)c2)cc1C(C(=O)O)C(Cl)(Cl)C(N)=O. The molecule has 10 heteroatoms. The van der Waals surface area contributed by atoms with Crippen LogP contribution < -0.4 is 24.7 Å². The van der Waals surface area contributed by atoms with Crippen molar-refractivity contribution < 1.29 is 33.6 Å². The fraction of sp³-hybridized carbons (Fsp3) is 0.364. The second-order valence-corrected chi connectivity index (χ2v) is 8.25. The van der Waals surface area contributed by atoms with E-state index in [1.807, 2.05) is 12.1 Å². The highest BCUT2D eigenvalue weighted by atomic mass is 35.5. The van der Waals surface area contributed by atoms with Crippen molar-refractivity contribution in [1.29, 1.82) is 0 Å². The highest BCUT2D eigenvalue weighted by Gasteiger charge is 2.47. The summed E-state index contributed by atoms with van der Waals surface area (Å²) in [7, 11) is 5.97. The predicted octanol–water partition coefficient (Wildman–Crippen LogP) is 3.33. The molecule has 0 aromatic heterocycles. The number of aryl methyl sites for hydroxylation is 2. The number of carboxylic acid groups (broad SMARTS) is 1. The maximum atomic E-state index is 11.9. The minimum absolute atomic E-state index is 0.145. The molecule has 1 unspecified atom stereocenters. The van der Waals surface area contributed by atoms with Gasteiger partial charge in [-0.05, 0) is 42.2 Å². The molecule has 2 aromatic rings. The minimum Gasteiger partial charge on any atom is -0.496 e. The number of aliphatic carboxylic acids is 1. The number of rotatable bonds is 11. The highest BCUT2D eigenvalue weighted by Crippen LogP contribution is 2.42. The monoisotopic (exact) mass is 485 g/mol. The van der Waals surface area contributed by atoms with Crippen LogP contribution in [0.1, 0.15) is 22.6 Å². The number of carboxylic acids is 1. The molecule has 0 saturated carbocycles. The molecule has 1 atom stereocenters. The maximum absolute atomic E-state index is 11.9. The third kappa shape index (κ3) is 5.31. The van der Waals surface area contributed by atoms with E-state index in [9.17, 15) is 14.7 Å². The summed E-state index contributed by atoms with van der Waals surface area (Å²) >= 11 is 12.1. The molecule has 0 aliphatic carbocycles. The molecule has 2 aromatic carbocycles. The summed E-state index contributed by atoms with van der Waals surface area (Å²) in [6.07, 6.45) is 1.10. The van der Waals surface area contributed by atoms with Crippen molar-refractivity contribution in [3.05, 3.63) is 47.0 Å². The average molecular weight is 486 g/mol. The van der Waals surface area contributed by atoms with Crippen LogP contribution in [0.15, 0.2) is 30.3 Å². The molecule has 0 aliphatic heterocycles. The van der Waals surface area contributed by atoms with Gasteiger partial charge in [-0.25, -0.2) is 0 Å². The Morgan fingerprint density at radius 1 is 0.906 bits per heavy atom. The van der Waals surface area contributed by atoms with Crippen molar-refractivity contribution in [3.8, 4) is 23.0 Å². The molecule has 0 spiro atoms. The Bertz CT molecular complexity index is 969. The maximum Gasteiger partial charge on any atom is 0.314 e. The van der Waals surface area contributed by atoms with Crippen LogP contribution in [0.4, 0.5) is 0 Å². The summed E-state index contributed by atoms with van der Waals surface area (Å²) in [6.45, 7) is 0. The number of carbonyl (C=O) groups is 2. The summed E-state index contributed by atoms with van der Waals surface area (Å²) in [5.41, 5.74) is 7.08. The van der Waals surface area contributed by atoms with Crippen LogP contribution in [0.5, 0.6) is 23.0 Å². The van der Waals surface area contributed by atoms with Gasteiger partial charge in [-0.3, -0.25) is 9.59 Å². The largest absolute Gasteiger partial charge is 0.496 e. The quantitative estimate of drug-likeness (QED) is 0.468. The van der Waals surface area contributed by atoms with Crippen LogP contribution in [0.25, 0.3) is 0 Å². The topological polar surface area (TPSA) is 117 Å². The first kappa shape index (κ1) is 25.4. The van der Waals surface area contributed by atoms with E-state index >= 15 is 0 Å². The predicted molar refractivity (Wildman–Crippen MR) is 121 cm³/mol. The van der Waals surface area contributed by atoms with E-state index in [0.29, 0.717) is 30.1 Å². The molecule has 0 radical (unpaired) electrons. The van der Waals surface area contributed by atoms with Gasteiger partial charge in [0.2, 0.25) is 10.1 Å². The Morgan fingerprint density at radius 3 is 1.88 bits per heavy atom. The number of amides is 1. The lowest BCUT2D eigenvalue weighted by Crippen LogP contribution is -2.42. The zero-order chi connectivity index (χ0) is 24.1. The summed E-state index contributed by atoms with van der Waals surface area (Å²) in [4.78, 5) is 23.7. The van der Waals surface area contributed by atoms with Crippen LogP contribution >= 0.6 is 23.2 Å². The number of ether oxygens (including phenoxy) is 4. The molecule has 0 bridgehead atoms. The van der Waals surface area contributed by atoms with Crippen LogP contribution in [-0.4, -0.2) is 49.8 Å². The summed E-state index contributed by atoms with van der Waals surface area (Å²) in [5.74, 6) is -2.44. The molecule has 0 fully saturated rings. The number of benzene rings is 2. The third-order valence-corrected chi connectivity index (χ3v) is 5.78. The van der Waals surface area contributed by atoms with E-state index in [-0.39, 0.29) is 11.3 Å². The summed E-state index contributed by atoms with van der Waals surface area (Å²) < 4.78 is 19.0. The van der Waals surface area contributed by atoms with Crippen LogP contribution in [-0.2, 0) is 22.4 Å². The number of hydrogen-bond acceptors (Lipinski definition) is 6. The van der Waals surface area contributed by atoms with E-state index in [1.54, 1.807) is 18.2 Å². The van der Waals surface area contributed by atoms with Gasteiger partial charge in [-0.15, -0.1) is 0 Å². The van der Waals surface area contributed by atoms with Gasteiger partial charge in [-0.1, -0.05) is 35.3 Å². The van der Waals surface area contributed by atoms with Crippen molar-refractivity contribution in [3.63, 3.8) is 0 Å². The van der Waals surface area contributed by atoms with Crippen molar-refractivity contribution in [1.82, 2.24) is 0 Å². The second-order valence-electron chi connectivity index (χ2n) is 6.87. The molecule has 1 amide bonds. The lowest BCUT2D eigenvalue weighted by atomic mass is 9.91. The van der Waals surface area contributed by atoms with Gasteiger partial charge >= 0.3 is 5.97 Å². The number of hydrogen-bond donors (Lipinski definition) is 2. The molecule has 174 valence electrons. The standard InChI is InChI=1S/C22H25Cl2NO7/c1-29-15-8-7-12(9-14(15)18(20(26)27)22(23,24)21(25)28)5-6-13-10-16(30-2)19(32-4)17(11-13)31-3/h7-11,18H,5-6H2,1-4H3,(H2,25,28)(H,26,27). The van der Waals surface area contributed by atoms with Gasteiger partial charge in [0, 0.05) is 5.56 Å². The Hall–Kier alpha value is -2.84. The molecular weight excluding hydrogens is 461 g/mol. The fourth-order valence-electron chi connectivity index (χ4n) is 3.36. The third-order valence-electron chi connectivity index (χ3n) is 4.97. The number of methoxy groups -OCH3 is 4. The summed E-state index contributed by atoms with van der Waals surface area (Å²) in [5, 5.41) is 9.72. The van der Waals surface area contributed by atoms with Crippen molar-refractivity contribution >= 4 is 35.1 Å². The number of alkyl halides is 2. The van der Waals surface area contributed by atoms with Gasteiger partial charge in [0.05, 0.1) is 28.4 Å². The van der Waals surface area contributed by atoms with E-state index in [1.165, 1.54) is 28.4 Å². The Balaban J connectivity index is 2.41. The van der Waals surface area contributed by atoms with Crippen LogP contribution in [0, 0.1) is 0 Å². The lowest BCUT2D eigenvalue weighted by molar-refractivity contribution is -0.140. The van der Waals surface area contributed by atoms with Gasteiger partial charge in [0.1, 0.15) is 11.7 Å². The first-order chi connectivity index (χ1) is 15.1. The molecule has 0 aliphatic rings. The van der Waals surface area contributed by atoms with Gasteiger partial charge < -0.3 is 29.8 Å². The number of primary amides is 1. The van der Waals surface area contributed by atoms with Crippen molar-refractivity contribution in [2.75, 3.05) is 28.4 Å². The molecule has 0 saturated heterocycles. The first-order valence-electron chi connectivity index (χ1n) is 9.46. The molecule has 3 N–H and O–H groups in total. The molecule has 32 heavy (non-hydrogen) atoms. The number of nitrogens with two attached hydrogens (primary N) is 1. The lowest BCUT2D eigenvalue weighted by Gasteiger charge is -2.25. The Labute approximate surface area is 196 Å². The molecule has 0 heterocycles. The Kier molecular flexibility index (Phi) is 8.46. The smallest absolute Gasteiger partial charge is 0.314 e. The number of halogens is 2. The van der Waals surface area contributed by atoms with E-state index in [2.05, 4.69) is 0 Å². The van der Waals surface area contributed by atoms with Gasteiger partial charge in [-0.2, -0.15) is 0 Å². The number of carbonyl (C=O) groups excluding carboxylic acids is 1. The molecule has 8 nitrogen and oxygen atoms in total. The van der Waals surface area contributed by atoms with Gasteiger partial charge in [0.15, 0.2) is 11.5 Å². The molecular formula is C22H25Cl2NO7. The molecule has 2 rings (SSSR count). The van der Waals surface area contributed by atoms with Crippen molar-refractivity contribution in [2.24, 2.45) is 5.73 Å². The zero-order valence-electron chi connectivity index (χ0n) is 18.1. The van der Waals surface area contributed by atoms with Crippen LogP contribution in [0.2, 0.25) is 0 Å². The normalized spacial score (nSPS) is 12.1. The fourth-order valence-corrected chi connectivity index (χ4v) is 3.78. The Morgan fingerprint density at radius 2 is 1.44 bits per heavy atom. The average Bonchev–Trinajstić information content (AvgIpc) is 2.76. The highest BCUT2D eigenvalue weighted by molar-refractivity contribution is 6.59. The van der Waals surface area contributed by atoms with Gasteiger partial charge in [0.25, 0.3) is 5.91 Å².